The maximum atomic E-state index is 6.23. The van der Waals surface area contributed by atoms with Crippen molar-refractivity contribution in [2.75, 3.05) is 5.32 Å². The number of aryl methyl sites for hydroxylation is 2. The minimum absolute atomic E-state index is 0.526. The molecule has 2 aromatic carbocycles. The van der Waals surface area contributed by atoms with Crippen molar-refractivity contribution in [3.63, 3.8) is 0 Å². The van der Waals surface area contributed by atoms with E-state index >= 15 is 0 Å². The first-order valence-electron chi connectivity index (χ1n) is 9.73. The van der Waals surface area contributed by atoms with Gasteiger partial charge in [-0.15, -0.1) is 0 Å². The number of nitrogens with one attached hydrogen (secondary N) is 1. The fourth-order valence-electron chi connectivity index (χ4n) is 3.55. The molecule has 142 valence electrons. The van der Waals surface area contributed by atoms with Crippen molar-refractivity contribution < 1.29 is 4.74 Å². The maximum absolute atomic E-state index is 6.23. The first kappa shape index (κ1) is 18.1. The zero-order chi connectivity index (χ0) is 19.3. The molecule has 0 atom stereocenters. The van der Waals surface area contributed by atoms with Gasteiger partial charge in [0, 0.05) is 24.3 Å². The first-order chi connectivity index (χ1) is 13.8. The van der Waals surface area contributed by atoms with Crippen molar-refractivity contribution in [3.05, 3.63) is 84.2 Å². The molecule has 0 bridgehead atoms. The quantitative estimate of drug-likeness (QED) is 0.428. The van der Waals surface area contributed by atoms with Gasteiger partial charge in [0.2, 0.25) is 0 Å². The molecule has 0 saturated heterocycles. The molecule has 0 spiro atoms. The van der Waals surface area contributed by atoms with Crippen LogP contribution in [0.25, 0.3) is 10.9 Å². The lowest BCUT2D eigenvalue weighted by molar-refractivity contribution is 0.308. The van der Waals surface area contributed by atoms with Crippen molar-refractivity contribution >= 4 is 22.4 Å². The Morgan fingerprint density at radius 2 is 1.82 bits per heavy atom. The van der Waals surface area contributed by atoms with Crippen molar-refractivity contribution in [2.24, 2.45) is 0 Å². The molecular formula is C24H25N3O. The van der Waals surface area contributed by atoms with Crippen LogP contribution in [0.1, 0.15) is 24.5 Å². The molecule has 4 rings (SSSR count). The number of nitrogens with zero attached hydrogens (tertiary/aromatic N) is 2. The van der Waals surface area contributed by atoms with E-state index in [2.05, 4.69) is 59.2 Å². The smallest absolute Gasteiger partial charge is 0.144 e. The number of aromatic nitrogens is 2. The van der Waals surface area contributed by atoms with E-state index in [0.717, 1.165) is 35.8 Å². The number of fused-ring (bicyclic) bond motifs is 1. The number of rotatable bonds is 7. The van der Waals surface area contributed by atoms with Crippen molar-refractivity contribution in [1.82, 2.24) is 9.55 Å². The zero-order valence-electron chi connectivity index (χ0n) is 16.4. The minimum Gasteiger partial charge on any atom is -0.487 e. The Morgan fingerprint density at radius 3 is 2.57 bits per heavy atom. The van der Waals surface area contributed by atoms with Gasteiger partial charge in [-0.2, -0.15) is 0 Å². The molecule has 4 aromatic rings. The summed E-state index contributed by atoms with van der Waals surface area (Å²) in [6, 6.07) is 20.3. The molecule has 0 unspecified atom stereocenters. The highest BCUT2D eigenvalue weighted by Crippen LogP contribution is 2.38. The van der Waals surface area contributed by atoms with Gasteiger partial charge >= 0.3 is 0 Å². The molecule has 2 aromatic heterocycles. The van der Waals surface area contributed by atoms with Crippen molar-refractivity contribution in [2.45, 2.75) is 33.4 Å². The van der Waals surface area contributed by atoms with Gasteiger partial charge in [-0.05, 0) is 48.7 Å². The molecule has 4 heteroatoms. The van der Waals surface area contributed by atoms with Crippen LogP contribution in [-0.4, -0.2) is 9.55 Å². The van der Waals surface area contributed by atoms with Crippen LogP contribution in [0.2, 0.25) is 0 Å². The summed E-state index contributed by atoms with van der Waals surface area (Å²) in [5.74, 6) is 1.64. The highest BCUT2D eigenvalue weighted by Gasteiger charge is 2.16. The van der Waals surface area contributed by atoms with Gasteiger partial charge in [-0.3, -0.25) is 0 Å². The maximum Gasteiger partial charge on any atom is 0.144 e. The van der Waals surface area contributed by atoms with Gasteiger partial charge < -0.3 is 14.6 Å². The Balaban J connectivity index is 1.76. The number of pyridine rings is 1. The molecule has 28 heavy (non-hydrogen) atoms. The summed E-state index contributed by atoms with van der Waals surface area (Å²) < 4.78 is 8.54. The third-order valence-corrected chi connectivity index (χ3v) is 4.82. The second-order valence-corrected chi connectivity index (χ2v) is 6.95. The molecule has 2 heterocycles. The first-order valence-corrected chi connectivity index (χ1v) is 9.73. The Bertz CT molecular complexity index is 1060. The van der Waals surface area contributed by atoms with Crippen molar-refractivity contribution in [3.8, 4) is 5.75 Å². The monoisotopic (exact) mass is 371 g/mol. The largest absolute Gasteiger partial charge is 0.487 e. The summed E-state index contributed by atoms with van der Waals surface area (Å²) in [6.45, 7) is 5.88. The number of hydrogen-bond acceptors (Lipinski definition) is 3. The van der Waals surface area contributed by atoms with Crippen LogP contribution in [0.3, 0.4) is 0 Å². The van der Waals surface area contributed by atoms with Crippen LogP contribution < -0.4 is 10.1 Å². The van der Waals surface area contributed by atoms with Crippen molar-refractivity contribution in [1.29, 1.82) is 0 Å². The van der Waals surface area contributed by atoms with Crippen LogP contribution in [0.4, 0.5) is 11.5 Å². The highest BCUT2D eigenvalue weighted by molar-refractivity contribution is 5.99. The average Bonchev–Trinajstić information content (AvgIpc) is 3.05. The highest BCUT2D eigenvalue weighted by atomic mass is 16.5. The van der Waals surface area contributed by atoms with Gasteiger partial charge in [-0.25, -0.2) is 4.98 Å². The Kier molecular flexibility index (Phi) is 5.29. The Hall–Kier alpha value is -3.27. The van der Waals surface area contributed by atoms with E-state index in [0.29, 0.717) is 6.61 Å². The van der Waals surface area contributed by atoms with Crippen LogP contribution in [0.15, 0.2) is 73.1 Å². The van der Waals surface area contributed by atoms with Gasteiger partial charge in [0.15, 0.2) is 0 Å². The third kappa shape index (κ3) is 3.72. The summed E-state index contributed by atoms with van der Waals surface area (Å²) >= 11 is 0. The van der Waals surface area contributed by atoms with Crippen LogP contribution in [0, 0.1) is 6.92 Å². The number of anilines is 2. The number of ether oxygens (including phenoxy) is 1. The molecule has 0 saturated carbocycles. The van der Waals surface area contributed by atoms with E-state index in [-0.39, 0.29) is 0 Å². The normalized spacial score (nSPS) is 10.9. The topological polar surface area (TPSA) is 39.1 Å². The lowest BCUT2D eigenvalue weighted by Crippen LogP contribution is -2.01. The van der Waals surface area contributed by atoms with Gasteiger partial charge in [0.25, 0.3) is 0 Å². The van der Waals surface area contributed by atoms with E-state index in [1.165, 1.54) is 16.5 Å². The summed E-state index contributed by atoms with van der Waals surface area (Å²) in [4.78, 5) is 4.44. The lowest BCUT2D eigenvalue weighted by Gasteiger charge is -2.15. The van der Waals surface area contributed by atoms with E-state index in [4.69, 9.17) is 4.74 Å². The summed E-state index contributed by atoms with van der Waals surface area (Å²) in [5.41, 5.74) is 4.56. The molecule has 0 aliphatic rings. The number of hydrogen-bond donors (Lipinski definition) is 1. The molecule has 0 aliphatic carbocycles. The fraction of sp³-hybridized carbons (Fsp3) is 0.208. The molecule has 0 amide bonds. The Morgan fingerprint density at radius 1 is 1.00 bits per heavy atom. The van der Waals surface area contributed by atoms with Crippen LogP contribution in [-0.2, 0) is 13.2 Å². The summed E-state index contributed by atoms with van der Waals surface area (Å²) in [7, 11) is 0. The number of benzene rings is 2. The molecule has 0 radical (unpaired) electrons. The Labute approximate surface area is 165 Å². The molecular weight excluding hydrogens is 346 g/mol. The van der Waals surface area contributed by atoms with E-state index < -0.39 is 0 Å². The summed E-state index contributed by atoms with van der Waals surface area (Å²) in [5, 5.41) is 4.68. The third-order valence-electron chi connectivity index (χ3n) is 4.82. The van der Waals surface area contributed by atoms with E-state index in [1.54, 1.807) is 6.20 Å². The molecule has 4 nitrogen and oxygen atoms in total. The minimum atomic E-state index is 0.526. The van der Waals surface area contributed by atoms with Crippen LogP contribution in [0.5, 0.6) is 5.75 Å². The summed E-state index contributed by atoms with van der Waals surface area (Å²) in [6.07, 6.45) is 5.11. The second kappa shape index (κ2) is 8.17. The average molecular weight is 371 g/mol. The molecule has 0 fully saturated rings. The zero-order valence-corrected chi connectivity index (χ0v) is 16.4. The lowest BCUT2D eigenvalue weighted by atomic mass is 10.1. The molecule has 1 N–H and O–H groups in total. The molecule has 0 aliphatic heterocycles. The predicted molar refractivity (Wildman–Crippen MR) is 115 cm³/mol. The standard InChI is InChI=1S/C24H25N3O/c1-3-15-27-16-18(2)23-20(27)12-13-21(28-17-19-9-5-4-6-10-19)24(23)26-22-11-7-8-14-25-22/h4-14,16H,3,15,17H2,1-2H3,(H,25,26). The fourth-order valence-corrected chi connectivity index (χ4v) is 3.55. The predicted octanol–water partition coefficient (Wildman–Crippen LogP) is 6.08. The van der Waals surface area contributed by atoms with Gasteiger partial charge in [0.1, 0.15) is 18.2 Å². The van der Waals surface area contributed by atoms with Gasteiger partial charge in [-0.1, -0.05) is 43.3 Å². The SMILES string of the molecule is CCCn1cc(C)c2c(Nc3ccccn3)c(OCc3ccccc3)ccc21. The van der Waals surface area contributed by atoms with E-state index in [9.17, 15) is 0 Å². The van der Waals surface area contributed by atoms with Crippen LogP contribution >= 0.6 is 0 Å². The van der Waals surface area contributed by atoms with E-state index in [1.807, 2.05) is 36.4 Å². The van der Waals surface area contributed by atoms with Gasteiger partial charge in [0.05, 0.1) is 11.2 Å². The second-order valence-electron chi connectivity index (χ2n) is 6.95.